The van der Waals surface area contributed by atoms with Crippen LogP contribution >= 0.6 is 0 Å². The van der Waals surface area contributed by atoms with Crippen LogP contribution in [0, 0.1) is 0 Å². The number of hydrogen-bond donors (Lipinski definition) is 2. The predicted octanol–water partition coefficient (Wildman–Crippen LogP) is 1.48. The summed E-state index contributed by atoms with van der Waals surface area (Å²) in [6.45, 7) is 1.40. The van der Waals surface area contributed by atoms with Gasteiger partial charge < -0.3 is 15.2 Å². The van der Waals surface area contributed by atoms with E-state index in [1.54, 1.807) is 13.3 Å². The number of aliphatic hydroxyl groups is 1. The molecule has 0 radical (unpaired) electrons. The zero-order valence-corrected chi connectivity index (χ0v) is 10.3. The van der Waals surface area contributed by atoms with E-state index in [0.717, 1.165) is 37.8 Å². The Morgan fingerprint density at radius 1 is 1.41 bits per heavy atom. The van der Waals surface area contributed by atoms with Crippen LogP contribution < -0.4 is 10.1 Å². The highest BCUT2D eigenvalue weighted by Gasteiger charge is 2.30. The quantitative estimate of drug-likeness (QED) is 0.813. The van der Waals surface area contributed by atoms with Gasteiger partial charge in [-0.15, -0.1) is 0 Å². The molecule has 4 nitrogen and oxygen atoms in total. The molecule has 4 heteroatoms. The van der Waals surface area contributed by atoms with E-state index >= 15 is 0 Å². The number of hydrogen-bond acceptors (Lipinski definition) is 4. The molecule has 1 heterocycles. The third-order valence-corrected chi connectivity index (χ3v) is 3.32. The number of aromatic nitrogens is 1. The van der Waals surface area contributed by atoms with Crippen molar-refractivity contribution < 1.29 is 9.84 Å². The maximum absolute atomic E-state index is 10.2. The molecule has 0 amide bonds. The average molecular weight is 236 g/mol. The van der Waals surface area contributed by atoms with E-state index in [0.29, 0.717) is 12.4 Å². The highest BCUT2D eigenvalue weighted by Crippen LogP contribution is 2.28. The molecular weight excluding hydrogens is 216 g/mol. The second kappa shape index (κ2) is 5.47. The zero-order valence-electron chi connectivity index (χ0n) is 10.3. The Labute approximate surface area is 102 Å². The van der Waals surface area contributed by atoms with E-state index < -0.39 is 5.60 Å². The van der Waals surface area contributed by atoms with Gasteiger partial charge in [0.2, 0.25) is 5.88 Å². The first-order valence-electron chi connectivity index (χ1n) is 6.14. The van der Waals surface area contributed by atoms with Crippen LogP contribution in [0.4, 0.5) is 0 Å². The number of ether oxygens (including phenoxy) is 1. The summed E-state index contributed by atoms with van der Waals surface area (Å²) in [5.74, 6) is 0.628. The number of pyridine rings is 1. The molecule has 0 aliphatic heterocycles. The summed E-state index contributed by atoms with van der Waals surface area (Å²) >= 11 is 0. The third kappa shape index (κ3) is 3.41. The molecule has 0 saturated heterocycles. The van der Waals surface area contributed by atoms with Gasteiger partial charge in [0.05, 0.1) is 12.7 Å². The van der Waals surface area contributed by atoms with Gasteiger partial charge in [0.15, 0.2) is 0 Å². The molecule has 1 fully saturated rings. The summed E-state index contributed by atoms with van der Waals surface area (Å²) in [6, 6.07) is 3.83. The molecule has 94 valence electrons. The molecule has 0 unspecified atom stereocenters. The van der Waals surface area contributed by atoms with Crippen LogP contribution in [0.1, 0.15) is 31.2 Å². The Kier molecular flexibility index (Phi) is 3.97. The third-order valence-electron chi connectivity index (χ3n) is 3.32. The van der Waals surface area contributed by atoms with Gasteiger partial charge in [0.1, 0.15) is 0 Å². The molecule has 0 atom stereocenters. The van der Waals surface area contributed by atoms with Crippen molar-refractivity contribution in [3.63, 3.8) is 0 Å². The lowest BCUT2D eigenvalue weighted by Crippen LogP contribution is -2.37. The second-order valence-electron chi connectivity index (χ2n) is 4.74. The Morgan fingerprint density at radius 3 is 2.76 bits per heavy atom. The monoisotopic (exact) mass is 236 g/mol. The van der Waals surface area contributed by atoms with Crippen LogP contribution in [-0.2, 0) is 6.54 Å². The summed E-state index contributed by atoms with van der Waals surface area (Å²) in [4.78, 5) is 4.14. The smallest absolute Gasteiger partial charge is 0.212 e. The highest BCUT2D eigenvalue weighted by molar-refractivity contribution is 5.17. The Bertz CT molecular complexity index is 345. The van der Waals surface area contributed by atoms with Crippen molar-refractivity contribution in [2.45, 2.75) is 37.8 Å². The first kappa shape index (κ1) is 12.3. The van der Waals surface area contributed by atoms with E-state index in [2.05, 4.69) is 10.3 Å². The average Bonchev–Trinajstić information content (AvgIpc) is 2.77. The molecule has 1 aliphatic carbocycles. The van der Waals surface area contributed by atoms with Gasteiger partial charge >= 0.3 is 0 Å². The Balaban J connectivity index is 1.77. The minimum Gasteiger partial charge on any atom is -0.481 e. The second-order valence-corrected chi connectivity index (χ2v) is 4.74. The predicted molar refractivity (Wildman–Crippen MR) is 65.9 cm³/mol. The van der Waals surface area contributed by atoms with Gasteiger partial charge in [-0.3, -0.25) is 0 Å². The molecule has 2 N–H and O–H groups in total. The molecule has 0 bridgehead atoms. The van der Waals surface area contributed by atoms with Crippen LogP contribution in [0.2, 0.25) is 0 Å². The minimum atomic E-state index is -0.486. The molecule has 1 aromatic rings. The van der Waals surface area contributed by atoms with Crippen molar-refractivity contribution in [3.05, 3.63) is 23.9 Å². The van der Waals surface area contributed by atoms with Crippen molar-refractivity contribution in [1.82, 2.24) is 10.3 Å². The summed E-state index contributed by atoms with van der Waals surface area (Å²) in [5.41, 5.74) is 0.618. The van der Waals surface area contributed by atoms with Crippen LogP contribution in [-0.4, -0.2) is 29.3 Å². The largest absolute Gasteiger partial charge is 0.481 e. The maximum Gasteiger partial charge on any atom is 0.212 e. The first-order valence-corrected chi connectivity index (χ1v) is 6.14. The SMILES string of the molecule is COc1ccc(CNCC2(O)CCCC2)cn1. The van der Waals surface area contributed by atoms with Crippen molar-refractivity contribution in [2.75, 3.05) is 13.7 Å². The lowest BCUT2D eigenvalue weighted by atomic mass is 10.0. The molecule has 17 heavy (non-hydrogen) atoms. The summed E-state index contributed by atoms with van der Waals surface area (Å²) in [7, 11) is 1.61. The number of nitrogens with zero attached hydrogens (tertiary/aromatic N) is 1. The van der Waals surface area contributed by atoms with Crippen molar-refractivity contribution in [2.24, 2.45) is 0 Å². The van der Waals surface area contributed by atoms with Gasteiger partial charge in [-0.25, -0.2) is 4.98 Å². The molecule has 1 aliphatic rings. The highest BCUT2D eigenvalue weighted by atomic mass is 16.5. The standard InChI is InChI=1S/C13H20N2O2/c1-17-12-5-4-11(9-15-12)8-14-10-13(16)6-2-3-7-13/h4-5,9,14,16H,2-3,6-8,10H2,1H3. The van der Waals surface area contributed by atoms with Crippen molar-refractivity contribution >= 4 is 0 Å². The first-order chi connectivity index (χ1) is 8.22. The summed E-state index contributed by atoms with van der Waals surface area (Å²) in [5, 5.41) is 13.4. The fourth-order valence-electron chi connectivity index (χ4n) is 2.29. The molecule has 1 aromatic heterocycles. The van der Waals surface area contributed by atoms with Gasteiger partial charge in [0, 0.05) is 25.4 Å². The zero-order chi connectivity index (χ0) is 12.1. The fraction of sp³-hybridized carbons (Fsp3) is 0.615. The molecular formula is C13H20N2O2. The fourth-order valence-corrected chi connectivity index (χ4v) is 2.29. The summed E-state index contributed by atoms with van der Waals surface area (Å²) in [6.07, 6.45) is 5.91. The molecule has 2 rings (SSSR count). The van der Waals surface area contributed by atoms with Gasteiger partial charge in [-0.2, -0.15) is 0 Å². The van der Waals surface area contributed by atoms with Gasteiger partial charge in [0.25, 0.3) is 0 Å². The maximum atomic E-state index is 10.2. The Hall–Kier alpha value is -1.13. The lowest BCUT2D eigenvalue weighted by Gasteiger charge is -2.22. The van der Waals surface area contributed by atoms with Crippen LogP contribution in [0.5, 0.6) is 5.88 Å². The van der Waals surface area contributed by atoms with Crippen molar-refractivity contribution in [1.29, 1.82) is 0 Å². The van der Waals surface area contributed by atoms with Crippen molar-refractivity contribution in [3.8, 4) is 5.88 Å². The normalized spacial score (nSPS) is 18.2. The minimum absolute atomic E-state index is 0.486. The topological polar surface area (TPSA) is 54.4 Å². The van der Waals surface area contributed by atoms with Crippen LogP contribution in [0.3, 0.4) is 0 Å². The lowest BCUT2D eigenvalue weighted by molar-refractivity contribution is 0.0475. The number of rotatable bonds is 5. The number of methoxy groups -OCH3 is 1. The van der Waals surface area contributed by atoms with E-state index in [1.165, 1.54) is 0 Å². The van der Waals surface area contributed by atoms with E-state index in [-0.39, 0.29) is 0 Å². The molecule has 0 aromatic carbocycles. The molecule has 1 saturated carbocycles. The van der Waals surface area contributed by atoms with Gasteiger partial charge in [-0.05, 0) is 18.4 Å². The van der Waals surface area contributed by atoms with Gasteiger partial charge in [-0.1, -0.05) is 18.9 Å². The van der Waals surface area contributed by atoms with Crippen LogP contribution in [0.25, 0.3) is 0 Å². The van der Waals surface area contributed by atoms with E-state index in [4.69, 9.17) is 4.74 Å². The summed E-state index contributed by atoms with van der Waals surface area (Å²) < 4.78 is 5.00. The molecule has 0 spiro atoms. The van der Waals surface area contributed by atoms with E-state index in [1.807, 2.05) is 12.1 Å². The number of nitrogens with one attached hydrogen (secondary N) is 1. The van der Waals surface area contributed by atoms with E-state index in [9.17, 15) is 5.11 Å². The van der Waals surface area contributed by atoms with Crippen LogP contribution in [0.15, 0.2) is 18.3 Å². The Morgan fingerprint density at radius 2 is 2.18 bits per heavy atom.